The van der Waals surface area contributed by atoms with Gasteiger partial charge in [0.1, 0.15) is 0 Å². The molecule has 0 aromatic heterocycles. The van der Waals surface area contributed by atoms with Crippen LogP contribution in [0.1, 0.15) is 5.56 Å². The molecule has 1 aliphatic rings. The highest BCUT2D eigenvalue weighted by molar-refractivity contribution is 6.30. The molecule has 0 atom stereocenters. The maximum absolute atomic E-state index is 12.7. The van der Waals surface area contributed by atoms with Gasteiger partial charge in [0, 0.05) is 50.5 Å². The Hall–Kier alpha value is -2.44. The van der Waals surface area contributed by atoms with Crippen LogP contribution in [-0.4, -0.2) is 69.7 Å². The summed E-state index contributed by atoms with van der Waals surface area (Å²) in [6.45, 7) is 4.42. The first kappa shape index (κ1) is 21.3. The van der Waals surface area contributed by atoms with E-state index in [2.05, 4.69) is 15.9 Å². The van der Waals surface area contributed by atoms with Gasteiger partial charge in [-0.2, -0.15) is 0 Å². The maximum Gasteiger partial charge on any atom is 0.236 e. The second-order valence-electron chi connectivity index (χ2n) is 7.18. The molecule has 0 spiro atoms. The van der Waals surface area contributed by atoms with Gasteiger partial charge < -0.3 is 19.3 Å². The van der Waals surface area contributed by atoms with Crippen molar-refractivity contribution in [2.24, 2.45) is 0 Å². The maximum atomic E-state index is 12.7. The SMILES string of the molecule is COc1ccc(CN(C)C(=O)CN2CCN(c3cccc(Cl)c3)CC2)cc1OC. The van der Waals surface area contributed by atoms with Crippen molar-refractivity contribution in [1.29, 1.82) is 0 Å². The van der Waals surface area contributed by atoms with Crippen molar-refractivity contribution >= 4 is 23.2 Å². The topological polar surface area (TPSA) is 45.2 Å². The molecule has 1 amide bonds. The molecule has 0 saturated carbocycles. The van der Waals surface area contributed by atoms with Crippen LogP contribution in [0, 0.1) is 0 Å². The first-order chi connectivity index (χ1) is 14.0. The van der Waals surface area contributed by atoms with Crippen LogP contribution in [0.5, 0.6) is 11.5 Å². The molecule has 0 radical (unpaired) electrons. The summed E-state index contributed by atoms with van der Waals surface area (Å²) in [6.07, 6.45) is 0. The number of piperazine rings is 1. The van der Waals surface area contributed by atoms with E-state index >= 15 is 0 Å². The number of rotatable bonds is 7. The van der Waals surface area contributed by atoms with Crippen molar-refractivity contribution in [2.75, 3.05) is 58.9 Å². The molecule has 0 unspecified atom stereocenters. The van der Waals surface area contributed by atoms with Crippen molar-refractivity contribution in [3.05, 3.63) is 53.1 Å². The van der Waals surface area contributed by atoms with Gasteiger partial charge in [0.05, 0.1) is 20.8 Å². The van der Waals surface area contributed by atoms with Crippen molar-refractivity contribution in [3.8, 4) is 11.5 Å². The lowest BCUT2D eigenvalue weighted by molar-refractivity contribution is -0.131. The summed E-state index contributed by atoms with van der Waals surface area (Å²) in [6, 6.07) is 13.6. The Bertz CT molecular complexity index is 838. The third kappa shape index (κ3) is 5.55. The van der Waals surface area contributed by atoms with Crippen molar-refractivity contribution in [3.63, 3.8) is 0 Å². The molecule has 1 saturated heterocycles. The van der Waals surface area contributed by atoms with Gasteiger partial charge in [-0.1, -0.05) is 23.7 Å². The summed E-state index contributed by atoms with van der Waals surface area (Å²) in [5.41, 5.74) is 2.14. The highest BCUT2D eigenvalue weighted by Crippen LogP contribution is 2.28. The van der Waals surface area contributed by atoms with Crippen LogP contribution in [0.3, 0.4) is 0 Å². The zero-order chi connectivity index (χ0) is 20.8. The van der Waals surface area contributed by atoms with Crippen LogP contribution < -0.4 is 14.4 Å². The van der Waals surface area contributed by atoms with Crippen LogP contribution >= 0.6 is 11.6 Å². The van der Waals surface area contributed by atoms with Crippen molar-refractivity contribution < 1.29 is 14.3 Å². The van der Waals surface area contributed by atoms with Crippen LogP contribution in [0.15, 0.2) is 42.5 Å². The van der Waals surface area contributed by atoms with E-state index < -0.39 is 0 Å². The van der Waals surface area contributed by atoms with E-state index in [0.717, 1.165) is 42.5 Å². The summed E-state index contributed by atoms with van der Waals surface area (Å²) in [5, 5.41) is 0.747. The molecule has 3 rings (SSSR count). The normalized spacial score (nSPS) is 14.6. The lowest BCUT2D eigenvalue weighted by atomic mass is 10.2. The van der Waals surface area contributed by atoms with Gasteiger partial charge in [-0.3, -0.25) is 9.69 Å². The van der Waals surface area contributed by atoms with E-state index in [1.165, 1.54) is 0 Å². The fourth-order valence-corrected chi connectivity index (χ4v) is 3.67. The molecule has 2 aromatic rings. The number of ether oxygens (including phenoxy) is 2. The predicted molar refractivity (Wildman–Crippen MR) is 116 cm³/mol. The number of hydrogen-bond acceptors (Lipinski definition) is 5. The quantitative estimate of drug-likeness (QED) is 0.692. The zero-order valence-corrected chi connectivity index (χ0v) is 18.0. The standard InChI is InChI=1S/C22H28ClN3O3/c1-24(15-17-7-8-20(28-2)21(13-17)29-3)22(27)16-25-9-11-26(12-10-25)19-6-4-5-18(23)14-19/h4-8,13-14H,9-12,15-16H2,1-3H3. The van der Waals surface area contributed by atoms with Crippen molar-refractivity contribution in [1.82, 2.24) is 9.80 Å². The largest absolute Gasteiger partial charge is 0.493 e. The molecule has 1 fully saturated rings. The molecule has 156 valence electrons. The molecule has 0 N–H and O–H groups in total. The van der Waals surface area contributed by atoms with Gasteiger partial charge in [-0.25, -0.2) is 0 Å². The molecular formula is C22H28ClN3O3. The molecule has 2 aromatic carbocycles. The Morgan fingerprint density at radius 2 is 1.76 bits per heavy atom. The van der Waals surface area contributed by atoms with E-state index in [-0.39, 0.29) is 5.91 Å². The molecule has 29 heavy (non-hydrogen) atoms. The Morgan fingerprint density at radius 1 is 1.03 bits per heavy atom. The summed E-state index contributed by atoms with van der Waals surface area (Å²) in [4.78, 5) is 18.9. The Balaban J connectivity index is 1.50. The average molecular weight is 418 g/mol. The molecule has 0 bridgehead atoms. The Labute approximate surface area is 177 Å². The Morgan fingerprint density at radius 3 is 2.41 bits per heavy atom. The predicted octanol–water partition coefficient (Wildman–Crippen LogP) is 3.14. The number of nitrogens with zero attached hydrogens (tertiary/aromatic N) is 3. The van der Waals surface area contributed by atoms with Gasteiger partial charge in [-0.05, 0) is 35.9 Å². The average Bonchev–Trinajstić information content (AvgIpc) is 2.74. The van der Waals surface area contributed by atoms with Gasteiger partial charge in [0.25, 0.3) is 0 Å². The van der Waals surface area contributed by atoms with Gasteiger partial charge >= 0.3 is 0 Å². The first-order valence-electron chi connectivity index (χ1n) is 9.68. The lowest BCUT2D eigenvalue weighted by Gasteiger charge is -2.36. The van der Waals surface area contributed by atoms with Crippen LogP contribution in [-0.2, 0) is 11.3 Å². The minimum Gasteiger partial charge on any atom is -0.493 e. The van der Waals surface area contributed by atoms with Gasteiger partial charge in [0.2, 0.25) is 5.91 Å². The van der Waals surface area contributed by atoms with Crippen molar-refractivity contribution in [2.45, 2.75) is 6.54 Å². The minimum absolute atomic E-state index is 0.107. The second kappa shape index (κ2) is 9.85. The highest BCUT2D eigenvalue weighted by Gasteiger charge is 2.21. The third-order valence-corrected chi connectivity index (χ3v) is 5.43. The summed E-state index contributed by atoms with van der Waals surface area (Å²) < 4.78 is 10.6. The molecular weight excluding hydrogens is 390 g/mol. The van der Waals surface area contributed by atoms with Gasteiger partial charge in [-0.15, -0.1) is 0 Å². The molecule has 1 aliphatic heterocycles. The number of hydrogen-bond donors (Lipinski definition) is 0. The van der Waals surface area contributed by atoms with Crippen LogP contribution in [0.25, 0.3) is 0 Å². The van der Waals surface area contributed by atoms with E-state index in [9.17, 15) is 4.79 Å². The summed E-state index contributed by atoms with van der Waals surface area (Å²) >= 11 is 6.10. The van der Waals surface area contributed by atoms with E-state index in [4.69, 9.17) is 21.1 Å². The Kier molecular flexibility index (Phi) is 7.23. The molecule has 0 aliphatic carbocycles. The number of halogens is 1. The van der Waals surface area contributed by atoms with E-state index in [1.807, 2.05) is 43.4 Å². The van der Waals surface area contributed by atoms with Gasteiger partial charge in [0.15, 0.2) is 11.5 Å². The number of carbonyl (C=O) groups excluding carboxylic acids is 1. The van der Waals surface area contributed by atoms with Crippen LogP contribution in [0.2, 0.25) is 5.02 Å². The summed E-state index contributed by atoms with van der Waals surface area (Å²) in [5.74, 6) is 1.46. The number of amides is 1. The van der Waals surface area contributed by atoms with E-state index in [0.29, 0.717) is 24.6 Å². The minimum atomic E-state index is 0.107. The number of methoxy groups -OCH3 is 2. The third-order valence-electron chi connectivity index (χ3n) is 5.20. The summed E-state index contributed by atoms with van der Waals surface area (Å²) in [7, 11) is 5.06. The number of benzene rings is 2. The number of carbonyl (C=O) groups is 1. The molecule has 1 heterocycles. The number of likely N-dealkylation sites (N-methyl/N-ethyl adjacent to an activating group) is 1. The smallest absolute Gasteiger partial charge is 0.236 e. The molecule has 7 heteroatoms. The monoisotopic (exact) mass is 417 g/mol. The number of anilines is 1. The van der Waals surface area contributed by atoms with E-state index in [1.54, 1.807) is 19.1 Å². The lowest BCUT2D eigenvalue weighted by Crippen LogP contribution is -2.49. The zero-order valence-electron chi connectivity index (χ0n) is 17.2. The fraction of sp³-hybridized carbons (Fsp3) is 0.409. The molecule has 6 nitrogen and oxygen atoms in total. The second-order valence-corrected chi connectivity index (χ2v) is 7.62. The highest BCUT2D eigenvalue weighted by atomic mass is 35.5. The fourth-order valence-electron chi connectivity index (χ4n) is 3.49. The first-order valence-corrected chi connectivity index (χ1v) is 10.1. The van der Waals surface area contributed by atoms with Crippen LogP contribution in [0.4, 0.5) is 5.69 Å².